The molecule has 0 aliphatic rings. The average Bonchev–Trinajstić information content (AvgIpc) is 2.20. The van der Waals surface area contributed by atoms with Gasteiger partial charge in [-0.3, -0.25) is 4.72 Å². The summed E-state index contributed by atoms with van der Waals surface area (Å²) in [4.78, 5) is 0. The van der Waals surface area contributed by atoms with Crippen LogP contribution in [-0.4, -0.2) is 21.1 Å². The Hall–Kier alpha value is -1.19. The zero-order valence-electron chi connectivity index (χ0n) is 8.75. The highest BCUT2D eigenvalue weighted by molar-refractivity contribution is 7.90. The van der Waals surface area contributed by atoms with E-state index < -0.39 is 22.9 Å². The van der Waals surface area contributed by atoms with Crippen LogP contribution < -0.4 is 15.2 Å². The minimum absolute atomic E-state index is 0.0154. The van der Waals surface area contributed by atoms with E-state index in [2.05, 4.69) is 0 Å². The highest BCUT2D eigenvalue weighted by Crippen LogP contribution is 2.24. The van der Waals surface area contributed by atoms with Gasteiger partial charge in [0.1, 0.15) is 6.54 Å². The van der Waals surface area contributed by atoms with Crippen LogP contribution >= 0.6 is 11.6 Å². The molecule has 102 valence electrons. The topological polar surface area (TPSA) is 84.2 Å². The van der Waals surface area contributed by atoms with Gasteiger partial charge in [0.05, 0.1) is 10.7 Å². The fourth-order valence-corrected chi connectivity index (χ4v) is 2.08. The molecular formula is C8H9ClF3N3O2S. The lowest BCUT2D eigenvalue weighted by atomic mass is 10.3. The number of anilines is 2. The van der Waals surface area contributed by atoms with E-state index in [1.807, 2.05) is 4.72 Å². The van der Waals surface area contributed by atoms with Crippen molar-refractivity contribution in [3.8, 4) is 0 Å². The van der Waals surface area contributed by atoms with Crippen molar-refractivity contribution in [1.82, 2.24) is 4.72 Å². The van der Waals surface area contributed by atoms with E-state index in [9.17, 15) is 21.6 Å². The molecule has 0 aromatic heterocycles. The molecule has 0 fully saturated rings. The highest BCUT2D eigenvalue weighted by atomic mass is 35.5. The number of benzene rings is 1. The molecule has 0 unspecified atom stereocenters. The van der Waals surface area contributed by atoms with Crippen molar-refractivity contribution >= 4 is 33.2 Å². The number of hydrogen-bond donors (Lipinski definition) is 3. The summed E-state index contributed by atoms with van der Waals surface area (Å²) in [7, 11) is -4.37. The van der Waals surface area contributed by atoms with E-state index in [1.54, 1.807) is 0 Å². The number of nitrogen functional groups attached to an aromatic ring is 1. The largest absolute Gasteiger partial charge is 0.402 e. The second-order valence-electron chi connectivity index (χ2n) is 3.28. The van der Waals surface area contributed by atoms with Crippen molar-refractivity contribution in [3.05, 3.63) is 23.2 Å². The molecule has 1 aromatic rings. The Morgan fingerprint density at radius 2 is 1.94 bits per heavy atom. The summed E-state index contributed by atoms with van der Waals surface area (Å²) < 4.78 is 61.4. The van der Waals surface area contributed by atoms with Gasteiger partial charge in [0.25, 0.3) is 10.2 Å². The van der Waals surface area contributed by atoms with Crippen molar-refractivity contribution in [2.24, 2.45) is 0 Å². The first-order chi connectivity index (χ1) is 8.09. The van der Waals surface area contributed by atoms with Crippen molar-refractivity contribution < 1.29 is 21.6 Å². The van der Waals surface area contributed by atoms with Crippen LogP contribution in [0, 0.1) is 0 Å². The van der Waals surface area contributed by atoms with E-state index >= 15 is 0 Å². The summed E-state index contributed by atoms with van der Waals surface area (Å²) in [6, 6.07) is 3.93. The molecule has 0 aliphatic heterocycles. The third-order valence-electron chi connectivity index (χ3n) is 1.70. The van der Waals surface area contributed by atoms with Crippen LogP contribution in [-0.2, 0) is 10.2 Å². The Morgan fingerprint density at radius 1 is 1.33 bits per heavy atom. The average molecular weight is 304 g/mol. The van der Waals surface area contributed by atoms with E-state index in [-0.39, 0.29) is 16.4 Å². The maximum Gasteiger partial charge on any atom is 0.402 e. The van der Waals surface area contributed by atoms with Crippen LogP contribution in [0.3, 0.4) is 0 Å². The maximum atomic E-state index is 11.9. The van der Waals surface area contributed by atoms with Crippen molar-refractivity contribution in [2.45, 2.75) is 6.18 Å². The summed E-state index contributed by atoms with van der Waals surface area (Å²) in [6.45, 7) is -1.68. The van der Waals surface area contributed by atoms with Gasteiger partial charge in [-0.2, -0.15) is 26.3 Å². The zero-order chi connectivity index (χ0) is 14.0. The van der Waals surface area contributed by atoms with Crippen LogP contribution in [0.2, 0.25) is 5.02 Å². The minimum atomic E-state index is -4.64. The smallest absolute Gasteiger partial charge is 0.399 e. The molecule has 0 heterocycles. The van der Waals surface area contributed by atoms with Crippen molar-refractivity contribution in [1.29, 1.82) is 0 Å². The van der Waals surface area contributed by atoms with Gasteiger partial charge >= 0.3 is 6.18 Å². The molecule has 0 saturated heterocycles. The molecule has 4 N–H and O–H groups in total. The van der Waals surface area contributed by atoms with Crippen LogP contribution in [0.15, 0.2) is 18.2 Å². The third-order valence-corrected chi connectivity index (χ3v) is 3.04. The molecular weight excluding hydrogens is 295 g/mol. The quantitative estimate of drug-likeness (QED) is 0.741. The molecule has 0 saturated carbocycles. The monoisotopic (exact) mass is 303 g/mol. The van der Waals surface area contributed by atoms with E-state index in [0.717, 1.165) is 0 Å². The molecule has 0 spiro atoms. The number of rotatable bonds is 4. The second kappa shape index (κ2) is 5.21. The number of halogens is 4. The summed E-state index contributed by atoms with van der Waals surface area (Å²) in [5.74, 6) is 0. The van der Waals surface area contributed by atoms with Gasteiger partial charge in [-0.05, 0) is 18.2 Å². The van der Waals surface area contributed by atoms with Gasteiger partial charge in [0.15, 0.2) is 0 Å². The van der Waals surface area contributed by atoms with Gasteiger partial charge in [0.2, 0.25) is 0 Å². The molecule has 1 rings (SSSR count). The Kier molecular flexibility index (Phi) is 4.30. The fourth-order valence-electron chi connectivity index (χ4n) is 0.979. The van der Waals surface area contributed by atoms with Crippen LogP contribution in [0.4, 0.5) is 24.5 Å². The van der Waals surface area contributed by atoms with Gasteiger partial charge in [-0.25, -0.2) is 0 Å². The Morgan fingerprint density at radius 3 is 2.50 bits per heavy atom. The first-order valence-corrected chi connectivity index (χ1v) is 6.34. The van der Waals surface area contributed by atoms with E-state index in [4.69, 9.17) is 17.3 Å². The second-order valence-corrected chi connectivity index (χ2v) is 5.19. The summed E-state index contributed by atoms with van der Waals surface area (Å²) in [5, 5.41) is 0.0154. The fraction of sp³-hybridized carbons (Fsp3) is 0.250. The number of nitrogens with two attached hydrogens (primary N) is 1. The number of hydrogen-bond acceptors (Lipinski definition) is 3. The molecule has 5 nitrogen and oxygen atoms in total. The Bertz CT molecular complexity index is 533. The molecule has 10 heteroatoms. The lowest BCUT2D eigenvalue weighted by Gasteiger charge is -2.12. The molecule has 18 heavy (non-hydrogen) atoms. The van der Waals surface area contributed by atoms with Crippen LogP contribution in [0.1, 0.15) is 0 Å². The van der Waals surface area contributed by atoms with Gasteiger partial charge in [-0.15, -0.1) is 0 Å². The molecule has 0 aliphatic carbocycles. The SMILES string of the molecule is Nc1ccc(Cl)c(NS(=O)(=O)NCC(F)(F)F)c1. The Labute approximate surface area is 106 Å². The van der Waals surface area contributed by atoms with Crippen LogP contribution in [0.5, 0.6) is 0 Å². The molecule has 0 atom stereocenters. The summed E-state index contributed by atoms with van der Waals surface area (Å²) >= 11 is 5.66. The summed E-state index contributed by atoms with van der Waals surface area (Å²) in [5.41, 5.74) is 5.51. The Balaban J connectivity index is 2.80. The predicted molar refractivity (Wildman–Crippen MR) is 62.5 cm³/mol. The maximum absolute atomic E-state index is 11.9. The number of nitrogens with one attached hydrogen (secondary N) is 2. The zero-order valence-corrected chi connectivity index (χ0v) is 10.3. The standard InChI is InChI=1S/C8H9ClF3N3O2S/c9-6-2-1-5(13)3-7(6)15-18(16,17)14-4-8(10,11)12/h1-3,14-15H,4,13H2. The van der Waals surface area contributed by atoms with E-state index in [1.165, 1.54) is 22.9 Å². The van der Waals surface area contributed by atoms with Crippen LogP contribution in [0.25, 0.3) is 0 Å². The van der Waals surface area contributed by atoms with Crippen molar-refractivity contribution in [2.75, 3.05) is 17.0 Å². The lowest BCUT2D eigenvalue weighted by molar-refractivity contribution is -0.121. The van der Waals surface area contributed by atoms with Gasteiger partial charge in [0, 0.05) is 5.69 Å². The molecule has 0 bridgehead atoms. The highest BCUT2D eigenvalue weighted by Gasteiger charge is 2.29. The molecule has 0 amide bonds. The first kappa shape index (κ1) is 14.9. The normalized spacial score (nSPS) is 12.4. The number of alkyl halides is 3. The van der Waals surface area contributed by atoms with Crippen molar-refractivity contribution in [3.63, 3.8) is 0 Å². The van der Waals surface area contributed by atoms with Gasteiger partial charge in [-0.1, -0.05) is 11.6 Å². The minimum Gasteiger partial charge on any atom is -0.399 e. The molecule has 1 aromatic carbocycles. The van der Waals surface area contributed by atoms with E-state index in [0.29, 0.717) is 0 Å². The van der Waals surface area contributed by atoms with Gasteiger partial charge < -0.3 is 5.73 Å². The summed E-state index contributed by atoms with van der Waals surface area (Å²) in [6.07, 6.45) is -4.64. The molecule has 0 radical (unpaired) electrons. The third kappa shape index (κ3) is 4.98. The first-order valence-electron chi connectivity index (χ1n) is 4.48. The lowest BCUT2D eigenvalue weighted by Crippen LogP contribution is -2.37. The predicted octanol–water partition coefficient (Wildman–Crippen LogP) is 1.73.